The third-order valence-electron chi connectivity index (χ3n) is 3.53. The average molecular weight is 279 g/mol. The lowest BCUT2D eigenvalue weighted by atomic mass is 10.1. The molecule has 0 unspecified atom stereocenters. The molecule has 1 fully saturated rings. The Balaban J connectivity index is 2.28. The van der Waals surface area contributed by atoms with Crippen LogP contribution in [-0.2, 0) is 14.4 Å². The number of esters is 1. The molecule has 0 spiro atoms. The van der Waals surface area contributed by atoms with Gasteiger partial charge in [0.05, 0.1) is 7.11 Å². The second kappa shape index (κ2) is 6.03. The standard InChI is InChI=1S/C15H18FNO3/c1-15(9-5-6-10-15)20-17-13(14(18)19-2)11-7-3-4-8-12(11)16/h3-4,7-8H,5-6,9-10H2,1-2H3. The van der Waals surface area contributed by atoms with Crippen molar-refractivity contribution in [2.45, 2.75) is 38.2 Å². The number of ether oxygens (including phenoxy) is 1. The van der Waals surface area contributed by atoms with Gasteiger partial charge in [-0.25, -0.2) is 9.18 Å². The zero-order valence-electron chi connectivity index (χ0n) is 11.7. The van der Waals surface area contributed by atoms with E-state index in [1.165, 1.54) is 19.2 Å². The van der Waals surface area contributed by atoms with Crippen molar-refractivity contribution in [2.75, 3.05) is 7.11 Å². The van der Waals surface area contributed by atoms with E-state index in [0.29, 0.717) is 0 Å². The van der Waals surface area contributed by atoms with Gasteiger partial charge in [-0.2, -0.15) is 0 Å². The number of oxime groups is 1. The number of rotatable bonds is 4. The predicted octanol–water partition coefficient (Wildman–Crippen LogP) is 3.05. The van der Waals surface area contributed by atoms with E-state index in [-0.39, 0.29) is 16.9 Å². The monoisotopic (exact) mass is 279 g/mol. The highest BCUT2D eigenvalue weighted by Gasteiger charge is 2.32. The molecule has 0 aliphatic heterocycles. The Morgan fingerprint density at radius 1 is 1.30 bits per heavy atom. The average Bonchev–Trinajstić information content (AvgIpc) is 2.87. The van der Waals surface area contributed by atoms with E-state index in [2.05, 4.69) is 9.89 Å². The maximum absolute atomic E-state index is 13.8. The molecule has 1 aliphatic carbocycles. The molecule has 0 radical (unpaired) electrons. The number of halogens is 1. The third kappa shape index (κ3) is 3.15. The molecule has 2 rings (SSSR count). The van der Waals surface area contributed by atoms with E-state index >= 15 is 0 Å². The summed E-state index contributed by atoms with van der Waals surface area (Å²) in [4.78, 5) is 17.3. The molecule has 0 heterocycles. The van der Waals surface area contributed by atoms with Crippen LogP contribution in [0.3, 0.4) is 0 Å². The highest BCUT2D eigenvalue weighted by atomic mass is 19.1. The fraction of sp³-hybridized carbons (Fsp3) is 0.467. The van der Waals surface area contributed by atoms with Gasteiger partial charge in [0.25, 0.3) is 0 Å². The Kier molecular flexibility index (Phi) is 4.37. The van der Waals surface area contributed by atoms with Gasteiger partial charge in [0.15, 0.2) is 5.71 Å². The van der Waals surface area contributed by atoms with E-state index in [1.54, 1.807) is 12.1 Å². The molecule has 1 saturated carbocycles. The second-order valence-electron chi connectivity index (χ2n) is 5.16. The maximum atomic E-state index is 13.8. The predicted molar refractivity (Wildman–Crippen MR) is 72.9 cm³/mol. The van der Waals surface area contributed by atoms with Gasteiger partial charge in [-0.3, -0.25) is 0 Å². The summed E-state index contributed by atoms with van der Waals surface area (Å²) in [6.07, 6.45) is 3.89. The van der Waals surface area contributed by atoms with Gasteiger partial charge in [-0.1, -0.05) is 17.3 Å². The van der Waals surface area contributed by atoms with Crippen molar-refractivity contribution in [2.24, 2.45) is 5.16 Å². The van der Waals surface area contributed by atoms with Crippen LogP contribution in [0.1, 0.15) is 38.2 Å². The molecule has 5 heteroatoms. The Labute approximate surface area is 117 Å². The fourth-order valence-electron chi connectivity index (χ4n) is 2.32. The lowest BCUT2D eigenvalue weighted by molar-refractivity contribution is -0.133. The lowest BCUT2D eigenvalue weighted by Crippen LogP contribution is -2.25. The van der Waals surface area contributed by atoms with E-state index in [1.807, 2.05) is 6.92 Å². The summed E-state index contributed by atoms with van der Waals surface area (Å²) in [5.41, 5.74) is -0.440. The normalized spacial score (nSPS) is 17.9. The molecule has 0 amide bonds. The van der Waals surface area contributed by atoms with Crippen LogP contribution in [0.4, 0.5) is 4.39 Å². The highest BCUT2D eigenvalue weighted by molar-refractivity contribution is 6.43. The molecular formula is C15H18FNO3. The van der Waals surface area contributed by atoms with Crippen molar-refractivity contribution in [3.05, 3.63) is 35.6 Å². The van der Waals surface area contributed by atoms with Gasteiger partial charge < -0.3 is 9.57 Å². The van der Waals surface area contributed by atoms with Gasteiger partial charge in [0, 0.05) is 5.56 Å². The van der Waals surface area contributed by atoms with Gasteiger partial charge in [-0.15, -0.1) is 0 Å². The lowest BCUT2D eigenvalue weighted by Gasteiger charge is -2.21. The van der Waals surface area contributed by atoms with Crippen LogP contribution in [0.2, 0.25) is 0 Å². The first-order valence-corrected chi connectivity index (χ1v) is 6.65. The fourth-order valence-corrected chi connectivity index (χ4v) is 2.32. The molecule has 0 atom stereocenters. The zero-order valence-corrected chi connectivity index (χ0v) is 11.7. The Bertz CT molecular complexity index is 522. The molecule has 0 bridgehead atoms. The number of benzene rings is 1. The molecule has 4 nitrogen and oxygen atoms in total. The van der Waals surface area contributed by atoms with Crippen LogP contribution in [0.5, 0.6) is 0 Å². The quantitative estimate of drug-likeness (QED) is 0.483. The molecule has 1 aromatic rings. The molecular weight excluding hydrogens is 261 g/mol. The molecule has 108 valence electrons. The summed E-state index contributed by atoms with van der Waals surface area (Å²) in [5.74, 6) is -1.24. The van der Waals surface area contributed by atoms with Crippen molar-refractivity contribution >= 4 is 11.7 Å². The molecule has 0 aromatic heterocycles. The van der Waals surface area contributed by atoms with Crippen LogP contribution in [-0.4, -0.2) is 24.4 Å². The summed E-state index contributed by atoms with van der Waals surface area (Å²) in [6, 6.07) is 5.93. The largest absolute Gasteiger partial charge is 0.464 e. The smallest absolute Gasteiger partial charge is 0.360 e. The van der Waals surface area contributed by atoms with E-state index in [0.717, 1.165) is 25.7 Å². The summed E-state index contributed by atoms with van der Waals surface area (Å²) >= 11 is 0. The van der Waals surface area contributed by atoms with Crippen LogP contribution in [0, 0.1) is 5.82 Å². The van der Waals surface area contributed by atoms with Crippen LogP contribution >= 0.6 is 0 Å². The Morgan fingerprint density at radius 2 is 1.95 bits per heavy atom. The molecule has 1 aromatic carbocycles. The van der Waals surface area contributed by atoms with Gasteiger partial charge in [-0.05, 0) is 44.7 Å². The van der Waals surface area contributed by atoms with E-state index in [4.69, 9.17) is 4.84 Å². The summed E-state index contributed by atoms with van der Waals surface area (Å²) in [6.45, 7) is 1.94. The van der Waals surface area contributed by atoms with E-state index in [9.17, 15) is 9.18 Å². The minimum Gasteiger partial charge on any atom is -0.464 e. The van der Waals surface area contributed by atoms with Crippen molar-refractivity contribution in [3.8, 4) is 0 Å². The van der Waals surface area contributed by atoms with Crippen LogP contribution < -0.4 is 0 Å². The van der Waals surface area contributed by atoms with Crippen molar-refractivity contribution in [3.63, 3.8) is 0 Å². The number of hydrogen-bond donors (Lipinski definition) is 0. The first-order valence-electron chi connectivity index (χ1n) is 6.65. The number of hydrogen-bond acceptors (Lipinski definition) is 4. The summed E-state index contributed by atoms with van der Waals surface area (Å²) in [7, 11) is 1.23. The highest BCUT2D eigenvalue weighted by Crippen LogP contribution is 2.32. The minimum atomic E-state index is -0.711. The number of methoxy groups -OCH3 is 1. The summed E-state index contributed by atoms with van der Waals surface area (Å²) in [5, 5.41) is 3.88. The number of carbonyl (C=O) groups is 1. The van der Waals surface area contributed by atoms with Crippen LogP contribution in [0.25, 0.3) is 0 Å². The Morgan fingerprint density at radius 3 is 2.55 bits per heavy atom. The molecule has 20 heavy (non-hydrogen) atoms. The number of carbonyl (C=O) groups excluding carboxylic acids is 1. The molecule has 0 N–H and O–H groups in total. The van der Waals surface area contributed by atoms with Crippen molar-refractivity contribution in [1.29, 1.82) is 0 Å². The van der Waals surface area contributed by atoms with Crippen molar-refractivity contribution < 1.29 is 18.8 Å². The maximum Gasteiger partial charge on any atom is 0.360 e. The summed E-state index contributed by atoms with van der Waals surface area (Å²) < 4.78 is 18.4. The zero-order chi connectivity index (χ0) is 14.6. The van der Waals surface area contributed by atoms with E-state index < -0.39 is 11.8 Å². The van der Waals surface area contributed by atoms with Gasteiger partial charge in [0.2, 0.25) is 0 Å². The Hall–Kier alpha value is -1.91. The minimum absolute atomic E-state index is 0.0842. The molecule has 0 saturated heterocycles. The number of nitrogens with zero attached hydrogens (tertiary/aromatic N) is 1. The second-order valence-corrected chi connectivity index (χ2v) is 5.16. The SMILES string of the molecule is COC(=O)C(=NOC1(C)CCCC1)c1ccccc1F. The van der Waals surface area contributed by atoms with Gasteiger partial charge in [0.1, 0.15) is 11.4 Å². The first-order chi connectivity index (χ1) is 9.56. The first kappa shape index (κ1) is 14.5. The third-order valence-corrected chi connectivity index (χ3v) is 3.53. The van der Waals surface area contributed by atoms with Crippen molar-refractivity contribution in [1.82, 2.24) is 0 Å². The molecule has 1 aliphatic rings. The van der Waals surface area contributed by atoms with Crippen LogP contribution in [0.15, 0.2) is 29.4 Å². The topological polar surface area (TPSA) is 47.9 Å². The van der Waals surface area contributed by atoms with Gasteiger partial charge >= 0.3 is 5.97 Å².